The minimum Gasteiger partial charge on any atom is -0.467 e. The molecule has 3 aliphatic rings. The lowest BCUT2D eigenvalue weighted by atomic mass is 9.90. The van der Waals surface area contributed by atoms with Crippen LogP contribution in [0.25, 0.3) is 0 Å². The Morgan fingerprint density at radius 3 is 2.65 bits per heavy atom. The number of ether oxygens (including phenoxy) is 1. The van der Waals surface area contributed by atoms with E-state index in [-0.39, 0.29) is 6.10 Å². The number of thiazole rings is 1. The van der Waals surface area contributed by atoms with Crippen molar-refractivity contribution in [3.8, 4) is 5.19 Å². The number of carbonyl (C=O) groups is 1. The molecule has 1 aromatic rings. The average Bonchev–Trinajstić information content (AvgIpc) is 2.88. The largest absolute Gasteiger partial charge is 0.467 e. The lowest BCUT2D eigenvalue weighted by Gasteiger charge is -2.41. The zero-order chi connectivity index (χ0) is 15.8. The summed E-state index contributed by atoms with van der Waals surface area (Å²) in [5, 5.41) is 9.83. The Labute approximate surface area is 140 Å². The fourth-order valence-corrected chi connectivity index (χ4v) is 4.68. The van der Waals surface area contributed by atoms with Gasteiger partial charge in [-0.2, -0.15) is 0 Å². The van der Waals surface area contributed by atoms with E-state index in [1.54, 1.807) is 0 Å². The molecule has 3 heterocycles. The molecule has 2 fully saturated rings. The third-order valence-corrected chi connectivity index (χ3v) is 6.29. The minimum atomic E-state index is -0.852. The molecule has 23 heavy (non-hydrogen) atoms. The third kappa shape index (κ3) is 3.17. The van der Waals surface area contributed by atoms with E-state index in [0.29, 0.717) is 19.5 Å². The molecule has 1 aliphatic carbocycles. The molecule has 1 N–H and O–H groups in total. The summed E-state index contributed by atoms with van der Waals surface area (Å²) in [6, 6.07) is 0.824. The quantitative estimate of drug-likeness (QED) is 0.918. The predicted molar refractivity (Wildman–Crippen MR) is 87.1 cm³/mol. The number of hydrogen-bond acceptors (Lipinski definition) is 5. The number of piperidine rings is 1. The fourth-order valence-electron chi connectivity index (χ4n) is 3.64. The molecule has 0 bridgehead atoms. The summed E-state index contributed by atoms with van der Waals surface area (Å²) >= 11 is 1.52. The fraction of sp³-hybridized carbons (Fsp3) is 0.750. The summed E-state index contributed by atoms with van der Waals surface area (Å²) < 4.78 is 6.10. The molecule has 1 saturated heterocycles. The number of aromatic nitrogens is 1. The van der Waals surface area contributed by atoms with Crippen molar-refractivity contribution in [2.24, 2.45) is 0 Å². The van der Waals surface area contributed by atoms with E-state index in [4.69, 9.17) is 9.84 Å². The number of carboxylic acid groups (broad SMARTS) is 1. The van der Waals surface area contributed by atoms with Crippen molar-refractivity contribution in [2.45, 2.75) is 57.2 Å². The second-order valence-corrected chi connectivity index (χ2v) is 7.79. The van der Waals surface area contributed by atoms with Crippen LogP contribution >= 0.6 is 11.3 Å². The van der Waals surface area contributed by atoms with Crippen LogP contribution in [0.3, 0.4) is 0 Å². The predicted octanol–water partition coefficient (Wildman–Crippen LogP) is 2.57. The molecular weight excluding hydrogens is 314 g/mol. The van der Waals surface area contributed by atoms with E-state index < -0.39 is 6.09 Å². The maximum absolute atomic E-state index is 11.1. The minimum absolute atomic E-state index is 0.259. The van der Waals surface area contributed by atoms with Crippen LogP contribution in [0.2, 0.25) is 0 Å². The van der Waals surface area contributed by atoms with Crippen molar-refractivity contribution in [3.63, 3.8) is 0 Å². The van der Waals surface area contributed by atoms with E-state index in [2.05, 4.69) is 9.88 Å². The molecule has 4 rings (SSSR count). The Kier molecular flexibility index (Phi) is 4.15. The Bertz CT molecular complexity index is 579. The molecule has 0 radical (unpaired) electrons. The first-order valence-corrected chi connectivity index (χ1v) is 9.38. The van der Waals surface area contributed by atoms with Crippen LogP contribution in [0.15, 0.2) is 0 Å². The van der Waals surface area contributed by atoms with Gasteiger partial charge in [-0.25, -0.2) is 9.78 Å². The molecule has 1 amide bonds. The van der Waals surface area contributed by atoms with Crippen molar-refractivity contribution in [2.75, 3.05) is 19.6 Å². The summed E-state index contributed by atoms with van der Waals surface area (Å²) in [5.41, 5.74) is 1.02. The van der Waals surface area contributed by atoms with Crippen LogP contribution in [-0.4, -0.2) is 57.8 Å². The van der Waals surface area contributed by atoms with Gasteiger partial charge in [0.1, 0.15) is 6.10 Å². The summed E-state index contributed by atoms with van der Waals surface area (Å²) in [6.45, 7) is 3.25. The van der Waals surface area contributed by atoms with Crippen LogP contribution in [0.5, 0.6) is 5.19 Å². The van der Waals surface area contributed by atoms with Crippen molar-refractivity contribution in [1.29, 1.82) is 0 Å². The highest BCUT2D eigenvalue weighted by atomic mass is 32.1. The number of fused-ring (bicyclic) bond motifs is 1. The number of amides is 1. The van der Waals surface area contributed by atoms with Crippen LogP contribution in [0, 0.1) is 0 Å². The lowest BCUT2D eigenvalue weighted by Crippen LogP contribution is -2.46. The number of hydrogen-bond donors (Lipinski definition) is 1. The van der Waals surface area contributed by atoms with E-state index in [0.717, 1.165) is 47.7 Å². The van der Waals surface area contributed by atoms with Crippen LogP contribution in [0.4, 0.5) is 4.79 Å². The van der Waals surface area contributed by atoms with Gasteiger partial charge in [-0.3, -0.25) is 0 Å². The lowest BCUT2D eigenvalue weighted by molar-refractivity contribution is 0.0492. The topological polar surface area (TPSA) is 65.9 Å². The SMILES string of the molecule is O=C(O)N1CCc2nc(OC3CCN(C4CCC4)CC3)sc2C1. The molecule has 0 atom stereocenters. The summed E-state index contributed by atoms with van der Waals surface area (Å²) in [4.78, 5) is 20.8. The Hall–Kier alpha value is -1.34. The molecule has 0 unspecified atom stereocenters. The Morgan fingerprint density at radius 1 is 1.22 bits per heavy atom. The molecule has 126 valence electrons. The van der Waals surface area contributed by atoms with Gasteiger partial charge in [-0.05, 0) is 25.7 Å². The summed E-state index contributed by atoms with van der Waals surface area (Å²) in [7, 11) is 0. The highest BCUT2D eigenvalue weighted by Crippen LogP contribution is 2.32. The highest BCUT2D eigenvalue weighted by molar-refractivity contribution is 7.13. The number of rotatable bonds is 3. The summed E-state index contributed by atoms with van der Waals surface area (Å²) in [5.74, 6) is 0. The summed E-state index contributed by atoms with van der Waals surface area (Å²) in [6.07, 6.45) is 6.37. The van der Waals surface area contributed by atoms with E-state index in [9.17, 15) is 4.79 Å². The molecule has 1 saturated carbocycles. The van der Waals surface area contributed by atoms with Gasteiger partial charge in [0.25, 0.3) is 5.19 Å². The average molecular weight is 337 g/mol. The van der Waals surface area contributed by atoms with Crippen LogP contribution in [-0.2, 0) is 13.0 Å². The van der Waals surface area contributed by atoms with Gasteiger partial charge < -0.3 is 19.6 Å². The first-order valence-electron chi connectivity index (χ1n) is 8.56. The highest BCUT2D eigenvalue weighted by Gasteiger charge is 2.30. The first-order chi connectivity index (χ1) is 11.2. The van der Waals surface area contributed by atoms with Crippen molar-refractivity contribution < 1.29 is 14.6 Å². The van der Waals surface area contributed by atoms with Gasteiger partial charge in [0.15, 0.2) is 0 Å². The van der Waals surface area contributed by atoms with E-state index in [1.807, 2.05) is 0 Å². The van der Waals surface area contributed by atoms with Crippen LogP contribution in [0.1, 0.15) is 42.7 Å². The van der Waals surface area contributed by atoms with Crippen molar-refractivity contribution in [3.05, 3.63) is 10.6 Å². The molecule has 1 aromatic heterocycles. The molecule has 7 heteroatoms. The number of nitrogens with zero attached hydrogens (tertiary/aromatic N) is 3. The monoisotopic (exact) mass is 337 g/mol. The van der Waals surface area contributed by atoms with Gasteiger partial charge in [-0.15, -0.1) is 0 Å². The standard InChI is InChI=1S/C16H23N3O3S/c20-16(21)19-9-6-13-14(10-19)23-15(17-13)22-12-4-7-18(8-5-12)11-2-1-3-11/h11-12H,1-10H2,(H,20,21). The smallest absolute Gasteiger partial charge is 0.407 e. The third-order valence-electron chi connectivity index (χ3n) is 5.32. The number of likely N-dealkylation sites (tertiary alicyclic amines) is 1. The Morgan fingerprint density at radius 2 is 2.00 bits per heavy atom. The first kappa shape index (κ1) is 15.2. The normalized spacial score (nSPS) is 23.4. The maximum atomic E-state index is 11.1. The van der Waals surface area contributed by atoms with E-state index in [1.165, 1.54) is 35.5 Å². The second-order valence-electron chi connectivity index (χ2n) is 6.74. The maximum Gasteiger partial charge on any atom is 0.407 e. The van der Waals surface area contributed by atoms with Gasteiger partial charge in [0, 0.05) is 32.1 Å². The van der Waals surface area contributed by atoms with Crippen molar-refractivity contribution >= 4 is 17.4 Å². The molecule has 2 aliphatic heterocycles. The van der Waals surface area contributed by atoms with Gasteiger partial charge >= 0.3 is 6.09 Å². The van der Waals surface area contributed by atoms with Crippen molar-refractivity contribution in [1.82, 2.24) is 14.8 Å². The molecule has 0 aromatic carbocycles. The zero-order valence-electron chi connectivity index (χ0n) is 13.2. The Balaban J connectivity index is 1.33. The molecule has 0 spiro atoms. The molecular formula is C16H23N3O3S. The van der Waals surface area contributed by atoms with Gasteiger partial charge in [0.05, 0.1) is 17.1 Å². The van der Waals surface area contributed by atoms with Gasteiger partial charge in [-0.1, -0.05) is 17.8 Å². The van der Waals surface area contributed by atoms with E-state index >= 15 is 0 Å². The second kappa shape index (κ2) is 6.28. The van der Waals surface area contributed by atoms with Gasteiger partial charge in [0.2, 0.25) is 0 Å². The zero-order valence-corrected chi connectivity index (χ0v) is 14.1. The van der Waals surface area contributed by atoms with Crippen LogP contribution < -0.4 is 4.74 Å². The molecule has 6 nitrogen and oxygen atoms in total.